The quantitative estimate of drug-likeness (QED) is 0.414. The fraction of sp³-hybridized carbons (Fsp3) is 0.250. The van der Waals surface area contributed by atoms with Gasteiger partial charge in [-0.25, -0.2) is 9.50 Å². The molecule has 184 valence electrons. The third-order valence-electron chi connectivity index (χ3n) is 7.31. The molecule has 37 heavy (non-hydrogen) atoms. The second-order valence-corrected chi connectivity index (χ2v) is 9.46. The fourth-order valence-corrected chi connectivity index (χ4v) is 5.48. The van der Waals surface area contributed by atoms with E-state index in [4.69, 9.17) is 10.7 Å². The van der Waals surface area contributed by atoms with Crippen molar-refractivity contribution < 1.29 is 0 Å². The minimum absolute atomic E-state index is 0.511. The maximum absolute atomic E-state index is 9.68. The summed E-state index contributed by atoms with van der Waals surface area (Å²) >= 11 is 0. The van der Waals surface area contributed by atoms with E-state index in [1.54, 1.807) is 24.0 Å². The highest BCUT2D eigenvalue weighted by atomic mass is 15.4. The van der Waals surface area contributed by atoms with Gasteiger partial charge in [0.1, 0.15) is 11.9 Å². The van der Waals surface area contributed by atoms with Crippen molar-refractivity contribution >= 4 is 23.1 Å². The highest BCUT2D eigenvalue weighted by Gasteiger charge is 2.44. The van der Waals surface area contributed by atoms with Crippen molar-refractivity contribution in [2.45, 2.75) is 25.0 Å². The molecule has 3 aliphatic rings. The molecule has 0 amide bonds. The number of nitriles is 1. The molecule has 3 saturated heterocycles. The molecular weight excluding hydrogens is 462 g/mol. The Hall–Kier alpha value is -4.55. The van der Waals surface area contributed by atoms with Gasteiger partial charge in [-0.1, -0.05) is 6.07 Å². The molecule has 4 aromatic rings. The topological polar surface area (TPSA) is 112 Å². The van der Waals surface area contributed by atoms with Crippen molar-refractivity contribution in [2.75, 3.05) is 25.0 Å². The Morgan fingerprint density at radius 2 is 2.05 bits per heavy atom. The molecule has 7 rings (SSSR count). The smallest absolute Gasteiger partial charge is 0.128 e. The van der Waals surface area contributed by atoms with Gasteiger partial charge in [0.2, 0.25) is 0 Å². The molecule has 0 aromatic carbocycles. The first-order chi connectivity index (χ1) is 18.2. The summed E-state index contributed by atoms with van der Waals surface area (Å²) in [4.78, 5) is 18.4. The van der Waals surface area contributed by atoms with Crippen LogP contribution in [0.2, 0.25) is 0 Å². The Labute approximate surface area is 215 Å². The summed E-state index contributed by atoms with van der Waals surface area (Å²) in [5.74, 6) is 0.970. The number of aromatic nitrogens is 4. The average molecular weight is 490 g/mol. The lowest BCUT2D eigenvalue weighted by molar-refractivity contribution is -0.00967. The number of piperazine rings is 1. The molecule has 7 heterocycles. The maximum Gasteiger partial charge on any atom is 0.128 e. The largest absolute Gasteiger partial charge is 0.404 e. The van der Waals surface area contributed by atoms with E-state index in [1.165, 1.54) is 12.6 Å². The standard InChI is InChI=1S/C28H27N9/c1-31-12-21(10-29)20-8-26(28-22(11-30)14-34-37(28)15-20)19-5-6-27(33-13-19)35-17-24-9-25(18-35)36(24)16-23-4-2-3-7-32-23/h2-8,10,12-15,24-25H,9,16-18,29H2,1H3. The zero-order valence-corrected chi connectivity index (χ0v) is 20.6. The number of piperidine rings is 1. The number of hydrogen-bond acceptors (Lipinski definition) is 8. The Morgan fingerprint density at radius 3 is 2.73 bits per heavy atom. The molecule has 0 radical (unpaired) electrons. The first kappa shape index (κ1) is 22.9. The van der Waals surface area contributed by atoms with Gasteiger partial charge in [0.05, 0.1) is 23.0 Å². The van der Waals surface area contributed by atoms with Gasteiger partial charge < -0.3 is 10.6 Å². The molecule has 9 heteroatoms. The number of pyridine rings is 3. The molecule has 0 saturated carbocycles. The summed E-state index contributed by atoms with van der Waals surface area (Å²) in [5.41, 5.74) is 11.7. The van der Waals surface area contributed by atoms with E-state index < -0.39 is 0 Å². The third kappa shape index (κ3) is 4.11. The molecule has 0 spiro atoms. The lowest BCUT2D eigenvalue weighted by atomic mass is 9.87. The zero-order chi connectivity index (χ0) is 25.4. The number of allylic oxidation sites excluding steroid dienone is 1. The molecule has 2 unspecified atom stereocenters. The van der Waals surface area contributed by atoms with Crippen molar-refractivity contribution in [2.24, 2.45) is 10.7 Å². The van der Waals surface area contributed by atoms with Crippen LogP contribution in [0.15, 0.2) is 72.4 Å². The van der Waals surface area contributed by atoms with E-state index in [1.807, 2.05) is 36.8 Å². The van der Waals surface area contributed by atoms with Gasteiger partial charge >= 0.3 is 0 Å². The number of nitrogens with zero attached hydrogens (tertiary/aromatic N) is 8. The fourth-order valence-electron chi connectivity index (χ4n) is 5.48. The Balaban J connectivity index is 1.26. The molecule has 2 N–H and O–H groups in total. The van der Waals surface area contributed by atoms with Crippen molar-refractivity contribution in [3.63, 3.8) is 0 Å². The normalized spacial score (nSPS) is 19.8. The van der Waals surface area contributed by atoms with Crippen LogP contribution >= 0.6 is 0 Å². The number of fused-ring (bicyclic) bond motifs is 3. The summed E-state index contributed by atoms with van der Waals surface area (Å²) in [6.45, 7) is 2.81. The third-order valence-corrected chi connectivity index (χ3v) is 7.31. The van der Waals surface area contributed by atoms with Gasteiger partial charge in [-0.2, -0.15) is 10.4 Å². The van der Waals surface area contributed by atoms with Crippen molar-refractivity contribution in [1.29, 1.82) is 5.26 Å². The van der Waals surface area contributed by atoms with E-state index >= 15 is 0 Å². The van der Waals surface area contributed by atoms with E-state index in [0.717, 1.165) is 58.9 Å². The van der Waals surface area contributed by atoms with Crippen LogP contribution in [0.25, 0.3) is 22.2 Å². The van der Waals surface area contributed by atoms with Crippen LogP contribution in [0.1, 0.15) is 23.2 Å². The lowest BCUT2D eigenvalue weighted by Gasteiger charge is -2.56. The highest BCUT2D eigenvalue weighted by molar-refractivity contribution is 6.10. The maximum atomic E-state index is 9.68. The van der Waals surface area contributed by atoms with Crippen LogP contribution in [0, 0.1) is 11.3 Å². The Kier molecular flexibility index (Phi) is 5.87. The molecule has 2 bridgehead atoms. The molecule has 3 aliphatic heterocycles. The monoisotopic (exact) mass is 489 g/mol. The van der Waals surface area contributed by atoms with Gasteiger partial charge in [0, 0.05) is 92.0 Å². The van der Waals surface area contributed by atoms with Gasteiger partial charge in [-0.3, -0.25) is 14.9 Å². The van der Waals surface area contributed by atoms with E-state index in [-0.39, 0.29) is 0 Å². The predicted molar refractivity (Wildman–Crippen MR) is 144 cm³/mol. The summed E-state index contributed by atoms with van der Waals surface area (Å²) in [6, 6.07) is 15.6. The van der Waals surface area contributed by atoms with Crippen molar-refractivity contribution in [3.8, 4) is 17.2 Å². The minimum Gasteiger partial charge on any atom is -0.404 e. The van der Waals surface area contributed by atoms with E-state index in [2.05, 4.69) is 49.1 Å². The van der Waals surface area contributed by atoms with Gasteiger partial charge in [0.15, 0.2) is 0 Å². The van der Waals surface area contributed by atoms with Gasteiger partial charge in [-0.05, 0) is 36.8 Å². The van der Waals surface area contributed by atoms with Crippen LogP contribution in [-0.2, 0) is 6.54 Å². The Morgan fingerprint density at radius 1 is 1.19 bits per heavy atom. The molecule has 9 nitrogen and oxygen atoms in total. The number of anilines is 1. The second-order valence-electron chi connectivity index (χ2n) is 9.46. The Bertz CT molecular complexity index is 1520. The first-order valence-corrected chi connectivity index (χ1v) is 12.3. The molecule has 3 fully saturated rings. The first-order valence-electron chi connectivity index (χ1n) is 12.3. The number of nitrogens with two attached hydrogens (primary N) is 1. The summed E-state index contributed by atoms with van der Waals surface area (Å²) in [6.07, 6.45) is 11.6. The molecule has 2 atom stereocenters. The van der Waals surface area contributed by atoms with Gasteiger partial charge in [0.25, 0.3) is 0 Å². The summed E-state index contributed by atoms with van der Waals surface area (Å²) < 4.78 is 1.72. The number of hydrogen-bond donors (Lipinski definition) is 1. The zero-order valence-electron chi connectivity index (χ0n) is 20.6. The number of rotatable bonds is 6. The van der Waals surface area contributed by atoms with E-state index in [9.17, 15) is 5.26 Å². The van der Waals surface area contributed by atoms with Crippen LogP contribution in [0.3, 0.4) is 0 Å². The van der Waals surface area contributed by atoms with Crippen LogP contribution < -0.4 is 10.6 Å². The number of aliphatic imine (C=N–C) groups is 1. The second kappa shape index (κ2) is 9.48. The average Bonchev–Trinajstić information content (AvgIpc) is 3.38. The van der Waals surface area contributed by atoms with Crippen molar-refractivity contribution in [1.82, 2.24) is 24.5 Å². The predicted octanol–water partition coefficient (Wildman–Crippen LogP) is 3.13. The summed E-state index contributed by atoms with van der Waals surface area (Å²) in [5, 5.41) is 14.1. The summed E-state index contributed by atoms with van der Waals surface area (Å²) in [7, 11) is 1.70. The minimum atomic E-state index is 0.511. The van der Waals surface area contributed by atoms with Crippen LogP contribution in [0.5, 0.6) is 0 Å². The van der Waals surface area contributed by atoms with Crippen LogP contribution in [-0.4, -0.2) is 62.9 Å². The lowest BCUT2D eigenvalue weighted by Crippen LogP contribution is -2.68. The van der Waals surface area contributed by atoms with Crippen molar-refractivity contribution in [3.05, 3.63) is 84.2 Å². The molecule has 4 aromatic heterocycles. The molecule has 0 aliphatic carbocycles. The van der Waals surface area contributed by atoms with Crippen LogP contribution in [0.4, 0.5) is 5.82 Å². The van der Waals surface area contributed by atoms with E-state index in [0.29, 0.717) is 17.6 Å². The highest BCUT2D eigenvalue weighted by Crippen LogP contribution is 2.36. The van der Waals surface area contributed by atoms with Gasteiger partial charge in [-0.15, -0.1) is 0 Å². The molecular formula is C28H27N9. The SMILES string of the molecule is CN=CC(=CN)c1cc(-c2ccc(N3CC4CC(C3)N4Cc3ccccn3)nc2)c2c(C#N)cnn2c1.